The molecule has 120 valence electrons. The van der Waals surface area contributed by atoms with Crippen molar-refractivity contribution in [1.82, 2.24) is 14.7 Å². The molecule has 3 saturated heterocycles. The molecular formula is C17H19N3O3. The predicted molar refractivity (Wildman–Crippen MR) is 82.9 cm³/mol. The third-order valence-electron chi connectivity index (χ3n) is 5.36. The average molecular weight is 313 g/mol. The van der Waals surface area contributed by atoms with Gasteiger partial charge in [-0.1, -0.05) is 0 Å². The molecule has 1 aliphatic carbocycles. The SMILES string of the molecule is O=C(OC1CN2CCC1CC2)C1=Cn2ncc3c2C(=CCC3)O1. The lowest BCUT2D eigenvalue weighted by molar-refractivity contribution is -0.156. The Balaban J connectivity index is 1.38. The van der Waals surface area contributed by atoms with E-state index in [1.54, 1.807) is 10.9 Å². The van der Waals surface area contributed by atoms with Gasteiger partial charge in [0.25, 0.3) is 0 Å². The third-order valence-corrected chi connectivity index (χ3v) is 5.36. The highest BCUT2D eigenvalue weighted by Crippen LogP contribution is 2.34. The van der Waals surface area contributed by atoms with Crippen molar-refractivity contribution in [3.05, 3.63) is 29.3 Å². The molecule has 6 nitrogen and oxygen atoms in total. The first-order valence-corrected chi connectivity index (χ1v) is 8.38. The first kappa shape index (κ1) is 13.4. The molecule has 23 heavy (non-hydrogen) atoms. The second kappa shape index (κ2) is 4.96. The number of hydrogen-bond donors (Lipinski definition) is 0. The minimum Gasteiger partial charge on any atom is -0.455 e. The molecule has 5 aliphatic rings. The van der Waals surface area contributed by atoms with Gasteiger partial charge in [-0.2, -0.15) is 5.10 Å². The lowest BCUT2D eigenvalue weighted by Gasteiger charge is -2.43. The van der Waals surface area contributed by atoms with E-state index >= 15 is 0 Å². The van der Waals surface area contributed by atoms with Crippen LogP contribution < -0.4 is 0 Å². The van der Waals surface area contributed by atoms with Crippen molar-refractivity contribution in [2.24, 2.45) is 5.92 Å². The minimum absolute atomic E-state index is 0.00980. The van der Waals surface area contributed by atoms with E-state index in [1.807, 2.05) is 12.3 Å². The summed E-state index contributed by atoms with van der Waals surface area (Å²) in [7, 11) is 0. The highest BCUT2D eigenvalue weighted by atomic mass is 16.6. The Labute approximate surface area is 134 Å². The van der Waals surface area contributed by atoms with Crippen LogP contribution in [0.15, 0.2) is 18.0 Å². The van der Waals surface area contributed by atoms with Gasteiger partial charge < -0.3 is 9.47 Å². The molecule has 0 spiro atoms. The predicted octanol–water partition coefficient (Wildman–Crippen LogP) is 1.64. The van der Waals surface area contributed by atoms with Crippen LogP contribution in [0.1, 0.15) is 30.5 Å². The van der Waals surface area contributed by atoms with Gasteiger partial charge in [-0.05, 0) is 50.8 Å². The Bertz CT molecular complexity index is 725. The first-order chi connectivity index (χ1) is 11.3. The van der Waals surface area contributed by atoms with E-state index in [2.05, 4.69) is 10.00 Å². The van der Waals surface area contributed by atoms with Gasteiger partial charge in [0.1, 0.15) is 17.6 Å². The van der Waals surface area contributed by atoms with E-state index in [0.29, 0.717) is 5.92 Å². The first-order valence-electron chi connectivity index (χ1n) is 8.38. The van der Waals surface area contributed by atoms with Crippen LogP contribution in [0.3, 0.4) is 0 Å². The number of carbonyl (C=O) groups excluding carboxylic acids is 1. The zero-order valence-corrected chi connectivity index (χ0v) is 12.9. The molecule has 4 aliphatic heterocycles. The molecule has 0 saturated carbocycles. The molecule has 2 bridgehead atoms. The zero-order valence-electron chi connectivity index (χ0n) is 12.9. The summed E-state index contributed by atoms with van der Waals surface area (Å²) in [6.45, 7) is 3.11. The summed E-state index contributed by atoms with van der Waals surface area (Å²) in [6, 6.07) is 0. The summed E-state index contributed by atoms with van der Waals surface area (Å²) in [6.07, 6.45) is 9.63. The molecule has 5 heterocycles. The van der Waals surface area contributed by atoms with Crippen molar-refractivity contribution in [3.63, 3.8) is 0 Å². The van der Waals surface area contributed by atoms with Gasteiger partial charge >= 0.3 is 5.97 Å². The van der Waals surface area contributed by atoms with Crippen LogP contribution in [0.4, 0.5) is 0 Å². The van der Waals surface area contributed by atoms with Crippen LogP contribution in [-0.4, -0.2) is 46.4 Å². The fraction of sp³-hybridized carbons (Fsp3) is 0.529. The number of carbonyl (C=O) groups is 1. The maximum absolute atomic E-state index is 12.5. The zero-order chi connectivity index (χ0) is 15.4. The van der Waals surface area contributed by atoms with Crippen molar-refractivity contribution >= 4 is 17.9 Å². The molecule has 0 aromatic carbocycles. The summed E-state index contributed by atoms with van der Waals surface area (Å²) < 4.78 is 13.3. The van der Waals surface area contributed by atoms with E-state index in [4.69, 9.17) is 9.47 Å². The number of fused-ring (bicyclic) bond motifs is 3. The van der Waals surface area contributed by atoms with Crippen LogP contribution in [0.5, 0.6) is 0 Å². The van der Waals surface area contributed by atoms with Gasteiger partial charge in [0.05, 0.1) is 12.4 Å². The Hall–Kier alpha value is -2.08. The van der Waals surface area contributed by atoms with E-state index in [-0.39, 0.29) is 17.8 Å². The van der Waals surface area contributed by atoms with Crippen molar-refractivity contribution in [3.8, 4) is 0 Å². The molecule has 6 rings (SSSR count). The van der Waals surface area contributed by atoms with E-state index in [1.165, 1.54) is 5.56 Å². The lowest BCUT2D eigenvalue weighted by Crippen LogP contribution is -2.52. The second-order valence-electron chi connectivity index (χ2n) is 6.75. The third kappa shape index (κ3) is 2.12. The fourth-order valence-electron chi connectivity index (χ4n) is 4.09. The Morgan fingerprint density at radius 1 is 1.35 bits per heavy atom. The van der Waals surface area contributed by atoms with Crippen LogP contribution in [0, 0.1) is 5.92 Å². The maximum Gasteiger partial charge on any atom is 0.376 e. The topological polar surface area (TPSA) is 56.6 Å². The standard InChI is InChI=1S/C17H19N3O3/c21-17(23-14-9-19-6-4-11(14)5-7-19)15-10-20-16-12(8-18-20)2-1-3-13(16)22-15/h3,8,10-11,14H,1-2,4-7,9H2. The Kier molecular flexibility index (Phi) is 2.88. The van der Waals surface area contributed by atoms with Crippen LogP contribution in [0.2, 0.25) is 0 Å². The molecule has 1 aromatic rings. The second-order valence-corrected chi connectivity index (χ2v) is 6.75. The molecule has 3 fully saturated rings. The molecule has 0 amide bonds. The van der Waals surface area contributed by atoms with E-state index < -0.39 is 0 Å². The summed E-state index contributed by atoms with van der Waals surface area (Å²) in [4.78, 5) is 14.9. The van der Waals surface area contributed by atoms with Gasteiger partial charge in [0.2, 0.25) is 5.76 Å². The quantitative estimate of drug-likeness (QED) is 0.777. The largest absolute Gasteiger partial charge is 0.455 e. The van der Waals surface area contributed by atoms with E-state index in [9.17, 15) is 4.79 Å². The Morgan fingerprint density at radius 2 is 2.22 bits per heavy atom. The number of esters is 1. The molecule has 0 N–H and O–H groups in total. The Morgan fingerprint density at radius 3 is 3.00 bits per heavy atom. The van der Waals surface area contributed by atoms with Crippen molar-refractivity contribution < 1.29 is 14.3 Å². The fourth-order valence-corrected chi connectivity index (χ4v) is 4.09. The van der Waals surface area contributed by atoms with Gasteiger partial charge in [0.15, 0.2) is 0 Å². The average Bonchev–Trinajstić information content (AvgIpc) is 3.01. The number of allylic oxidation sites excluding steroid dienone is 1. The number of nitrogens with zero attached hydrogens (tertiary/aromatic N) is 3. The van der Waals surface area contributed by atoms with Crippen LogP contribution in [0.25, 0.3) is 12.0 Å². The number of ether oxygens (including phenoxy) is 2. The maximum atomic E-state index is 12.5. The molecule has 0 radical (unpaired) electrons. The van der Waals surface area contributed by atoms with Gasteiger partial charge in [-0.15, -0.1) is 0 Å². The number of piperidine rings is 3. The van der Waals surface area contributed by atoms with Crippen molar-refractivity contribution in [2.75, 3.05) is 19.6 Å². The van der Waals surface area contributed by atoms with Gasteiger partial charge in [0, 0.05) is 12.1 Å². The number of hydrogen-bond acceptors (Lipinski definition) is 5. The number of rotatable bonds is 2. The van der Waals surface area contributed by atoms with Gasteiger partial charge in [-0.3, -0.25) is 4.90 Å². The molecule has 6 heteroatoms. The minimum atomic E-state index is -0.377. The lowest BCUT2D eigenvalue weighted by atomic mass is 9.86. The van der Waals surface area contributed by atoms with Crippen molar-refractivity contribution in [1.29, 1.82) is 0 Å². The van der Waals surface area contributed by atoms with Crippen molar-refractivity contribution in [2.45, 2.75) is 31.8 Å². The molecule has 1 unspecified atom stereocenters. The highest BCUT2D eigenvalue weighted by molar-refractivity contribution is 5.92. The monoisotopic (exact) mass is 313 g/mol. The summed E-state index contributed by atoms with van der Waals surface area (Å²) in [5.74, 6) is 1.08. The molecular weight excluding hydrogens is 294 g/mol. The van der Waals surface area contributed by atoms with Crippen LogP contribution in [-0.2, 0) is 20.7 Å². The highest BCUT2D eigenvalue weighted by Gasteiger charge is 2.38. The van der Waals surface area contributed by atoms with Crippen LogP contribution >= 0.6 is 0 Å². The summed E-state index contributed by atoms with van der Waals surface area (Å²) in [5.41, 5.74) is 2.14. The number of aryl methyl sites for hydroxylation is 1. The molecule has 1 atom stereocenters. The normalized spacial score (nSPS) is 30.9. The summed E-state index contributed by atoms with van der Waals surface area (Å²) >= 11 is 0. The van der Waals surface area contributed by atoms with Gasteiger partial charge in [-0.25, -0.2) is 9.48 Å². The summed E-state index contributed by atoms with van der Waals surface area (Å²) in [5, 5.41) is 4.34. The number of aromatic nitrogens is 2. The smallest absolute Gasteiger partial charge is 0.376 e. The molecule has 1 aromatic heterocycles. The van der Waals surface area contributed by atoms with E-state index in [0.717, 1.165) is 56.8 Å².